The van der Waals surface area contributed by atoms with E-state index in [1.165, 1.54) is 18.3 Å². The van der Waals surface area contributed by atoms with Crippen molar-refractivity contribution in [1.29, 1.82) is 0 Å². The first-order chi connectivity index (χ1) is 8.99. The third kappa shape index (κ3) is 2.96. The molecule has 0 atom stereocenters. The fourth-order valence-corrected chi connectivity index (χ4v) is 1.79. The van der Waals surface area contributed by atoms with E-state index in [1.54, 1.807) is 0 Å². The molecule has 98 valence electrons. The van der Waals surface area contributed by atoms with E-state index in [1.807, 2.05) is 0 Å². The van der Waals surface area contributed by atoms with E-state index >= 15 is 0 Å². The van der Waals surface area contributed by atoms with Gasteiger partial charge in [-0.25, -0.2) is 4.39 Å². The number of benzene rings is 1. The lowest BCUT2D eigenvalue weighted by Crippen LogP contribution is -2.17. The average molecular weight is 343 g/mol. The van der Waals surface area contributed by atoms with Crippen molar-refractivity contribution in [2.45, 2.75) is 0 Å². The molecule has 0 bridgehead atoms. The van der Waals surface area contributed by atoms with Crippen LogP contribution in [-0.2, 0) is 0 Å². The first-order valence-corrected chi connectivity index (χ1v) is 6.28. The van der Waals surface area contributed by atoms with E-state index < -0.39 is 11.7 Å². The molecule has 0 fully saturated rings. The summed E-state index contributed by atoms with van der Waals surface area (Å²) in [5.41, 5.74) is 6.06. The number of aromatic amines is 1. The normalized spacial score (nSPS) is 10.2. The largest absolute Gasteiger partial charge is 0.389 e. The van der Waals surface area contributed by atoms with Crippen LogP contribution in [0.1, 0.15) is 15.9 Å². The Bertz CT molecular complexity index is 658. The standard InChI is InChI=1S/C11H8BrFN4OS/c12-7-2-1-5(3-8(7)13)11(18)16-10-6(9(14)19)4-15-17-10/h1-4H,(H2,14,19)(H2,15,16,17,18). The number of amides is 1. The zero-order valence-corrected chi connectivity index (χ0v) is 11.8. The van der Waals surface area contributed by atoms with Crippen LogP contribution in [0.3, 0.4) is 0 Å². The third-order valence-corrected chi connectivity index (χ3v) is 3.19. The van der Waals surface area contributed by atoms with Gasteiger partial charge in [-0.1, -0.05) is 12.2 Å². The summed E-state index contributed by atoms with van der Waals surface area (Å²) in [5, 5.41) is 8.82. The minimum atomic E-state index is -0.521. The molecule has 0 aliphatic heterocycles. The number of H-pyrrole nitrogens is 1. The number of nitrogens with two attached hydrogens (primary N) is 1. The molecular formula is C11H8BrFN4OS. The number of carbonyl (C=O) groups is 1. The van der Waals surface area contributed by atoms with E-state index in [4.69, 9.17) is 18.0 Å². The van der Waals surface area contributed by atoms with E-state index in [9.17, 15) is 9.18 Å². The second-order valence-corrected chi connectivity index (χ2v) is 4.90. The minimum absolute atomic E-state index is 0.103. The van der Waals surface area contributed by atoms with Gasteiger partial charge in [0.1, 0.15) is 16.6 Å². The second-order valence-electron chi connectivity index (χ2n) is 3.61. The molecule has 0 unspecified atom stereocenters. The van der Waals surface area contributed by atoms with Gasteiger partial charge in [0.2, 0.25) is 0 Å². The lowest BCUT2D eigenvalue weighted by atomic mass is 10.2. The SMILES string of the molecule is NC(=S)c1cn[nH]c1NC(=O)c1ccc(Br)c(F)c1. The maximum atomic E-state index is 13.3. The van der Waals surface area contributed by atoms with Gasteiger partial charge in [0.05, 0.1) is 16.2 Å². The third-order valence-electron chi connectivity index (χ3n) is 2.33. The number of nitrogens with one attached hydrogen (secondary N) is 2. The number of carbonyl (C=O) groups excluding carboxylic acids is 1. The van der Waals surface area contributed by atoms with Crippen LogP contribution in [0.25, 0.3) is 0 Å². The summed E-state index contributed by atoms with van der Waals surface area (Å²) in [4.78, 5) is 12.0. The van der Waals surface area contributed by atoms with Crippen LogP contribution in [0.2, 0.25) is 0 Å². The molecule has 4 N–H and O–H groups in total. The lowest BCUT2D eigenvalue weighted by molar-refractivity contribution is 0.102. The molecule has 8 heteroatoms. The molecule has 1 heterocycles. The number of aromatic nitrogens is 2. The summed E-state index contributed by atoms with van der Waals surface area (Å²) in [6.45, 7) is 0. The monoisotopic (exact) mass is 342 g/mol. The Hall–Kier alpha value is -1.80. The summed E-state index contributed by atoms with van der Waals surface area (Å²) >= 11 is 7.82. The molecule has 5 nitrogen and oxygen atoms in total. The van der Waals surface area contributed by atoms with E-state index in [0.717, 1.165) is 6.07 Å². The number of anilines is 1. The number of hydrogen-bond donors (Lipinski definition) is 3. The van der Waals surface area contributed by atoms with Crippen molar-refractivity contribution in [1.82, 2.24) is 10.2 Å². The molecule has 2 rings (SSSR count). The highest BCUT2D eigenvalue weighted by molar-refractivity contribution is 9.10. The van der Waals surface area contributed by atoms with Gasteiger partial charge >= 0.3 is 0 Å². The molecule has 0 aliphatic carbocycles. The number of thiocarbonyl (C=S) groups is 1. The van der Waals surface area contributed by atoms with Crippen molar-refractivity contribution in [3.8, 4) is 0 Å². The predicted octanol–water partition coefficient (Wildman–Crippen LogP) is 2.20. The Morgan fingerprint density at radius 3 is 2.89 bits per heavy atom. The first-order valence-electron chi connectivity index (χ1n) is 5.08. The number of halogens is 2. The Morgan fingerprint density at radius 1 is 1.53 bits per heavy atom. The summed E-state index contributed by atoms with van der Waals surface area (Å²) in [5.74, 6) is -0.735. The zero-order valence-electron chi connectivity index (χ0n) is 9.41. The molecule has 0 spiro atoms. The van der Waals surface area contributed by atoms with Crippen molar-refractivity contribution < 1.29 is 9.18 Å². The zero-order chi connectivity index (χ0) is 14.0. The molecular weight excluding hydrogens is 335 g/mol. The second kappa shape index (κ2) is 5.45. The van der Waals surface area contributed by atoms with Crippen LogP contribution >= 0.6 is 28.1 Å². The van der Waals surface area contributed by atoms with Crippen molar-refractivity contribution >= 4 is 44.9 Å². The number of rotatable bonds is 3. The van der Waals surface area contributed by atoms with E-state index in [2.05, 4.69) is 31.4 Å². The van der Waals surface area contributed by atoms with Crippen molar-refractivity contribution in [2.75, 3.05) is 5.32 Å². The van der Waals surface area contributed by atoms with Crippen molar-refractivity contribution in [3.05, 3.63) is 45.8 Å². The fraction of sp³-hybridized carbons (Fsp3) is 0. The maximum absolute atomic E-state index is 13.3. The van der Waals surface area contributed by atoms with Crippen LogP contribution in [0.5, 0.6) is 0 Å². The van der Waals surface area contributed by atoms with Crippen LogP contribution in [-0.4, -0.2) is 21.1 Å². The Labute approximate surface area is 121 Å². The minimum Gasteiger partial charge on any atom is -0.389 e. The van der Waals surface area contributed by atoms with Gasteiger partial charge in [0.15, 0.2) is 0 Å². The van der Waals surface area contributed by atoms with E-state index in [0.29, 0.717) is 5.56 Å². The smallest absolute Gasteiger partial charge is 0.256 e. The van der Waals surface area contributed by atoms with Gasteiger partial charge < -0.3 is 11.1 Å². The van der Waals surface area contributed by atoms with Gasteiger partial charge in [-0.05, 0) is 34.1 Å². The van der Waals surface area contributed by atoms with Crippen LogP contribution in [0, 0.1) is 5.82 Å². The molecule has 2 aromatic rings. The van der Waals surface area contributed by atoms with Crippen LogP contribution < -0.4 is 11.1 Å². The molecule has 19 heavy (non-hydrogen) atoms. The highest BCUT2D eigenvalue weighted by Crippen LogP contribution is 2.18. The molecule has 0 saturated heterocycles. The topological polar surface area (TPSA) is 83.8 Å². The summed E-state index contributed by atoms with van der Waals surface area (Å²) < 4.78 is 13.6. The first kappa shape index (κ1) is 13.6. The maximum Gasteiger partial charge on any atom is 0.256 e. The number of nitrogens with zero attached hydrogens (tertiary/aromatic N) is 1. The molecule has 0 aliphatic rings. The van der Waals surface area contributed by atoms with Gasteiger partial charge in [0.25, 0.3) is 5.91 Å². The summed E-state index contributed by atoms with van der Waals surface area (Å²) in [7, 11) is 0. The lowest BCUT2D eigenvalue weighted by Gasteiger charge is -2.05. The average Bonchev–Trinajstić information content (AvgIpc) is 2.80. The van der Waals surface area contributed by atoms with Gasteiger partial charge in [-0.15, -0.1) is 0 Å². The van der Waals surface area contributed by atoms with Crippen molar-refractivity contribution in [3.63, 3.8) is 0 Å². The van der Waals surface area contributed by atoms with Gasteiger partial charge in [-0.2, -0.15) is 5.10 Å². The van der Waals surface area contributed by atoms with Crippen molar-refractivity contribution in [2.24, 2.45) is 5.73 Å². The molecule has 1 amide bonds. The highest BCUT2D eigenvalue weighted by Gasteiger charge is 2.13. The Balaban J connectivity index is 2.23. The molecule has 1 aromatic carbocycles. The Morgan fingerprint density at radius 2 is 2.26 bits per heavy atom. The van der Waals surface area contributed by atoms with Crippen LogP contribution in [0.4, 0.5) is 10.2 Å². The number of hydrogen-bond acceptors (Lipinski definition) is 3. The molecule has 1 aromatic heterocycles. The molecule has 0 saturated carbocycles. The summed E-state index contributed by atoms with van der Waals surface area (Å²) in [6, 6.07) is 4.06. The highest BCUT2D eigenvalue weighted by atomic mass is 79.9. The van der Waals surface area contributed by atoms with Gasteiger partial charge in [-0.3, -0.25) is 9.89 Å². The predicted molar refractivity (Wildman–Crippen MR) is 76.5 cm³/mol. The van der Waals surface area contributed by atoms with Crippen LogP contribution in [0.15, 0.2) is 28.9 Å². The van der Waals surface area contributed by atoms with E-state index in [-0.39, 0.29) is 20.8 Å². The summed E-state index contributed by atoms with van der Waals surface area (Å²) in [6.07, 6.45) is 1.40. The quantitative estimate of drug-likeness (QED) is 0.746. The Kier molecular flexibility index (Phi) is 3.91. The van der Waals surface area contributed by atoms with Gasteiger partial charge in [0, 0.05) is 5.56 Å². The fourth-order valence-electron chi connectivity index (χ4n) is 1.39. The molecule has 0 radical (unpaired) electrons.